The first kappa shape index (κ1) is 24.5. The molecule has 0 spiro atoms. The van der Waals surface area contributed by atoms with Crippen molar-refractivity contribution in [1.29, 1.82) is 0 Å². The minimum atomic E-state index is -3.73. The van der Waals surface area contributed by atoms with Crippen molar-refractivity contribution in [2.75, 3.05) is 26.8 Å². The number of nitrogens with zero attached hydrogens (tertiary/aromatic N) is 1. The minimum absolute atomic E-state index is 0.0118. The summed E-state index contributed by atoms with van der Waals surface area (Å²) < 4.78 is 38.1. The van der Waals surface area contributed by atoms with Crippen LogP contribution in [0.3, 0.4) is 0 Å². The fourth-order valence-corrected chi connectivity index (χ4v) is 5.97. The van der Waals surface area contributed by atoms with Crippen LogP contribution in [0.15, 0.2) is 23.1 Å². The number of carbonyl (C=O) groups is 2. The lowest BCUT2D eigenvalue weighted by Gasteiger charge is -2.29. The van der Waals surface area contributed by atoms with Crippen molar-refractivity contribution in [3.8, 4) is 5.75 Å². The average molecular weight is 467 g/mol. The molecule has 3 rings (SSSR count). The average Bonchev–Trinajstić information content (AvgIpc) is 3.09. The molecule has 9 heteroatoms. The Hall–Kier alpha value is -2.13. The summed E-state index contributed by atoms with van der Waals surface area (Å²) in [5.41, 5.74) is -0.0118. The summed E-state index contributed by atoms with van der Waals surface area (Å²) >= 11 is 0. The molecule has 1 aliphatic heterocycles. The Kier molecular flexibility index (Phi) is 8.53. The van der Waals surface area contributed by atoms with Crippen molar-refractivity contribution in [1.82, 2.24) is 9.62 Å². The Morgan fingerprint density at radius 3 is 2.41 bits per heavy atom. The van der Waals surface area contributed by atoms with Crippen molar-refractivity contribution in [2.24, 2.45) is 5.92 Å². The number of ether oxygens (including phenoxy) is 2. The highest BCUT2D eigenvalue weighted by Crippen LogP contribution is 2.27. The highest BCUT2D eigenvalue weighted by molar-refractivity contribution is 7.89. The maximum absolute atomic E-state index is 13.1. The zero-order valence-electron chi connectivity index (χ0n) is 19.0. The quantitative estimate of drug-likeness (QED) is 0.620. The number of nitrogens with one attached hydrogen (secondary N) is 1. The highest BCUT2D eigenvalue weighted by atomic mass is 32.2. The van der Waals surface area contributed by atoms with Crippen LogP contribution in [-0.4, -0.2) is 57.4 Å². The van der Waals surface area contributed by atoms with Crippen LogP contribution in [-0.2, 0) is 19.6 Å². The van der Waals surface area contributed by atoms with Gasteiger partial charge in [0.05, 0.1) is 12.0 Å². The molecule has 0 unspecified atom stereocenters. The molecule has 2 atom stereocenters. The van der Waals surface area contributed by atoms with Crippen molar-refractivity contribution < 1.29 is 27.5 Å². The van der Waals surface area contributed by atoms with Crippen LogP contribution in [0.1, 0.15) is 68.6 Å². The maximum atomic E-state index is 13.1. The zero-order chi connectivity index (χ0) is 23.1. The molecule has 178 valence electrons. The molecule has 1 aromatic carbocycles. The van der Waals surface area contributed by atoms with Gasteiger partial charge in [-0.2, -0.15) is 4.31 Å². The number of amides is 1. The smallest absolute Gasteiger partial charge is 0.342 e. The van der Waals surface area contributed by atoms with Crippen LogP contribution >= 0.6 is 0 Å². The van der Waals surface area contributed by atoms with Gasteiger partial charge in [0.2, 0.25) is 10.0 Å². The first-order chi connectivity index (χ1) is 15.3. The summed E-state index contributed by atoms with van der Waals surface area (Å²) in [6.45, 7) is 2.62. The van der Waals surface area contributed by atoms with E-state index in [-0.39, 0.29) is 28.2 Å². The third kappa shape index (κ3) is 6.01. The van der Waals surface area contributed by atoms with Gasteiger partial charge < -0.3 is 14.8 Å². The molecule has 2 fully saturated rings. The Morgan fingerprint density at radius 2 is 1.75 bits per heavy atom. The van der Waals surface area contributed by atoms with Crippen molar-refractivity contribution in [2.45, 2.75) is 69.2 Å². The number of hydrogen-bond donors (Lipinski definition) is 1. The molecular weight excluding hydrogens is 432 g/mol. The van der Waals surface area contributed by atoms with E-state index in [9.17, 15) is 18.0 Å². The van der Waals surface area contributed by atoms with Crippen LogP contribution < -0.4 is 10.1 Å². The molecule has 1 saturated heterocycles. The van der Waals surface area contributed by atoms with E-state index in [2.05, 4.69) is 12.2 Å². The van der Waals surface area contributed by atoms with Crippen LogP contribution in [0.4, 0.5) is 0 Å². The van der Waals surface area contributed by atoms with Crippen LogP contribution in [0, 0.1) is 5.92 Å². The predicted octanol–water partition coefficient (Wildman–Crippen LogP) is 3.11. The second kappa shape index (κ2) is 11.1. The molecule has 0 radical (unpaired) electrons. The fraction of sp³-hybridized carbons (Fsp3) is 0.652. The van der Waals surface area contributed by atoms with E-state index in [1.54, 1.807) is 0 Å². The summed E-state index contributed by atoms with van der Waals surface area (Å²) in [5, 5.41) is 2.94. The van der Waals surface area contributed by atoms with Gasteiger partial charge in [-0.05, 0) is 49.8 Å². The fourth-order valence-electron chi connectivity index (χ4n) is 4.43. The molecular formula is C23H34N2O6S. The normalized spacial score (nSPS) is 22.6. The molecule has 8 nitrogen and oxygen atoms in total. The Morgan fingerprint density at radius 1 is 1.06 bits per heavy atom. The topological polar surface area (TPSA) is 102 Å². The van der Waals surface area contributed by atoms with E-state index in [1.807, 2.05) is 0 Å². The SMILES string of the molecule is COc1ccc(S(=O)(=O)N2CCCCCC2)cc1C(=O)OCC(=O)N[C@@H]1CCCC[C@H]1C. The third-order valence-electron chi connectivity index (χ3n) is 6.39. The molecule has 1 heterocycles. The predicted molar refractivity (Wildman–Crippen MR) is 120 cm³/mol. The first-order valence-electron chi connectivity index (χ1n) is 11.5. The number of benzene rings is 1. The van der Waals surface area contributed by atoms with Gasteiger partial charge in [0, 0.05) is 19.1 Å². The largest absolute Gasteiger partial charge is 0.496 e. The van der Waals surface area contributed by atoms with E-state index in [1.165, 1.54) is 36.0 Å². The second-order valence-electron chi connectivity index (χ2n) is 8.69. The maximum Gasteiger partial charge on any atom is 0.342 e. The van der Waals surface area contributed by atoms with Gasteiger partial charge in [-0.3, -0.25) is 4.79 Å². The number of hydrogen-bond acceptors (Lipinski definition) is 6. The molecule has 32 heavy (non-hydrogen) atoms. The van der Waals surface area contributed by atoms with E-state index in [0.717, 1.165) is 44.9 Å². The van der Waals surface area contributed by atoms with Gasteiger partial charge >= 0.3 is 5.97 Å². The Bertz CT molecular complexity index is 909. The molecule has 1 aliphatic carbocycles. The monoisotopic (exact) mass is 466 g/mol. The standard InChI is InChI=1S/C23H34N2O6S/c1-17-9-5-6-10-20(17)24-22(26)16-31-23(27)19-15-18(11-12-21(19)30-2)32(28,29)25-13-7-3-4-8-14-25/h11-12,15,17,20H,3-10,13-14,16H2,1-2H3,(H,24,26)/t17-,20-/m1/s1. The number of methoxy groups -OCH3 is 1. The summed E-state index contributed by atoms with van der Waals surface area (Å²) in [6.07, 6.45) is 7.88. The van der Waals surface area contributed by atoms with Gasteiger partial charge in [-0.25, -0.2) is 13.2 Å². The van der Waals surface area contributed by atoms with E-state index >= 15 is 0 Å². The minimum Gasteiger partial charge on any atom is -0.496 e. The molecule has 2 aliphatic rings. The van der Waals surface area contributed by atoms with Gasteiger partial charge in [0.15, 0.2) is 6.61 Å². The number of sulfonamides is 1. The molecule has 1 N–H and O–H groups in total. The van der Waals surface area contributed by atoms with Crippen molar-refractivity contribution in [3.63, 3.8) is 0 Å². The van der Waals surface area contributed by atoms with Crippen molar-refractivity contribution >= 4 is 21.9 Å². The lowest BCUT2D eigenvalue weighted by Crippen LogP contribution is -2.42. The summed E-state index contributed by atoms with van der Waals surface area (Å²) in [4.78, 5) is 25.0. The number of esters is 1. The van der Waals surface area contributed by atoms with Crippen LogP contribution in [0.25, 0.3) is 0 Å². The summed E-state index contributed by atoms with van der Waals surface area (Å²) in [6, 6.07) is 4.26. The van der Waals surface area contributed by atoms with Gasteiger partial charge in [0.1, 0.15) is 11.3 Å². The van der Waals surface area contributed by atoms with E-state index in [4.69, 9.17) is 9.47 Å². The third-order valence-corrected chi connectivity index (χ3v) is 8.28. The van der Waals surface area contributed by atoms with Crippen LogP contribution in [0.5, 0.6) is 5.75 Å². The van der Waals surface area contributed by atoms with Crippen molar-refractivity contribution in [3.05, 3.63) is 23.8 Å². The van der Waals surface area contributed by atoms with Gasteiger partial charge in [-0.1, -0.05) is 32.6 Å². The first-order valence-corrected chi connectivity index (χ1v) is 12.9. The highest BCUT2D eigenvalue weighted by Gasteiger charge is 2.28. The number of carbonyl (C=O) groups excluding carboxylic acids is 2. The lowest BCUT2D eigenvalue weighted by molar-refractivity contribution is -0.125. The van der Waals surface area contributed by atoms with E-state index in [0.29, 0.717) is 19.0 Å². The van der Waals surface area contributed by atoms with E-state index < -0.39 is 22.6 Å². The second-order valence-corrected chi connectivity index (χ2v) is 10.6. The molecule has 1 amide bonds. The lowest BCUT2D eigenvalue weighted by atomic mass is 9.86. The van der Waals surface area contributed by atoms with Gasteiger partial charge in [0.25, 0.3) is 5.91 Å². The molecule has 1 aromatic rings. The molecule has 0 bridgehead atoms. The Balaban J connectivity index is 1.69. The summed E-state index contributed by atoms with van der Waals surface area (Å²) in [5.74, 6) is -0.554. The summed E-state index contributed by atoms with van der Waals surface area (Å²) in [7, 11) is -2.34. The molecule has 1 saturated carbocycles. The molecule has 0 aromatic heterocycles. The number of rotatable bonds is 7. The van der Waals surface area contributed by atoms with Crippen LogP contribution in [0.2, 0.25) is 0 Å². The van der Waals surface area contributed by atoms with Gasteiger partial charge in [-0.15, -0.1) is 0 Å². The Labute approximate surface area is 190 Å². The zero-order valence-corrected chi connectivity index (χ0v) is 19.8.